The van der Waals surface area contributed by atoms with E-state index in [4.69, 9.17) is 14.2 Å². The van der Waals surface area contributed by atoms with Crippen LogP contribution in [0.1, 0.15) is 96.2 Å². The number of nitrogens with zero attached hydrogens (tertiary/aromatic N) is 2. The van der Waals surface area contributed by atoms with Crippen molar-refractivity contribution < 1.29 is 52.9 Å². The van der Waals surface area contributed by atoms with E-state index >= 15 is 0 Å². The number of rotatable bonds is 13. The number of carbonyl (C=O) groups excluding carboxylic acids is 7. The number of hydrogen-bond donors (Lipinski definition) is 5. The van der Waals surface area contributed by atoms with Crippen LogP contribution in [0.5, 0.6) is 5.75 Å². The number of nitrogens with one attached hydrogen (secondary N) is 4. The minimum absolute atomic E-state index is 0.0218. The summed E-state index contributed by atoms with van der Waals surface area (Å²) >= 11 is 0. The van der Waals surface area contributed by atoms with Gasteiger partial charge in [-0.1, -0.05) is 55.8 Å². The molecule has 17 nitrogen and oxygen atoms in total. The van der Waals surface area contributed by atoms with E-state index in [0.29, 0.717) is 62.0 Å². The Balaban J connectivity index is 1.31. The zero-order valence-electron chi connectivity index (χ0n) is 37.9. The van der Waals surface area contributed by atoms with Crippen molar-refractivity contribution in [2.24, 2.45) is 11.8 Å². The topological polar surface area (TPSA) is 222 Å². The summed E-state index contributed by atoms with van der Waals surface area (Å²) in [5.74, 6) is -3.86. The highest BCUT2D eigenvalue weighted by atomic mass is 16.6. The average Bonchev–Trinajstić information content (AvgIpc) is 3.69. The highest BCUT2D eigenvalue weighted by molar-refractivity contribution is 5.94. The molecule has 64 heavy (non-hydrogen) atoms. The molecule has 2 aromatic rings. The van der Waals surface area contributed by atoms with Gasteiger partial charge < -0.3 is 50.4 Å². The lowest BCUT2D eigenvalue weighted by atomic mass is 9.78. The normalized spacial score (nSPS) is 23.3. The maximum Gasteiger partial charge on any atom is 0.309 e. The molecule has 4 bridgehead atoms. The van der Waals surface area contributed by atoms with Crippen LogP contribution in [-0.4, -0.2) is 133 Å². The van der Waals surface area contributed by atoms with E-state index in [1.165, 1.54) is 9.80 Å². The van der Waals surface area contributed by atoms with Crippen molar-refractivity contribution in [3.63, 3.8) is 0 Å². The predicted octanol–water partition coefficient (Wildman–Crippen LogP) is 2.34. The monoisotopic (exact) mass is 890 g/mol. The SMILES string of the molecule is CCCC(NC(=O)[C@@H]1C[C@@H]2CN1C(=O)[C@H](C1CCC(C(=O)OC(C)(C)C)CC1)NC(=O)Cc1cccc(c1)OCCCO2)C(O)C(=O)NCC(=O)N[C@H](C(=O)N(C)C)c1ccccc1. The molecule has 6 amide bonds. The standard InChI is InChI=1S/C47H66N6O11/c1-7-13-35(41(56)43(58)48-27-38(55)51-39(44(59)52(5)6)30-15-9-8-10-16-30)49-42(57)36-26-34-28-53(36)45(60)40(31-18-20-32(21-19-31)46(61)64-47(2,3)4)50-37(54)25-29-14-11-17-33(24-29)62-22-12-23-63-34/h8-11,14-17,24,31-32,34-36,39-41,56H,7,12-13,18-23,25-28H2,1-6H3,(H,48,58)(H,49,57)(H,50,54)(H,51,55)/t31?,32?,34-,35?,36+,39+,40+,41?/m1/s1. The zero-order chi connectivity index (χ0) is 46.6. The molecule has 0 spiro atoms. The Labute approximate surface area is 375 Å². The molecule has 2 heterocycles. The summed E-state index contributed by atoms with van der Waals surface area (Å²) in [6, 6.07) is 11.6. The fraction of sp³-hybridized carbons (Fsp3) is 0.596. The van der Waals surface area contributed by atoms with Crippen LogP contribution in [0.15, 0.2) is 54.6 Å². The van der Waals surface area contributed by atoms with E-state index in [2.05, 4.69) is 21.3 Å². The third-order valence-electron chi connectivity index (χ3n) is 11.7. The van der Waals surface area contributed by atoms with Gasteiger partial charge in [0.1, 0.15) is 29.5 Å². The number of benzene rings is 2. The predicted molar refractivity (Wildman–Crippen MR) is 235 cm³/mol. The molecule has 5 N–H and O–H groups in total. The molecule has 6 atom stereocenters. The van der Waals surface area contributed by atoms with Gasteiger partial charge in [-0.15, -0.1) is 0 Å². The summed E-state index contributed by atoms with van der Waals surface area (Å²) in [4.78, 5) is 98.0. The van der Waals surface area contributed by atoms with Crippen molar-refractivity contribution in [1.82, 2.24) is 31.1 Å². The van der Waals surface area contributed by atoms with Crippen LogP contribution in [-0.2, 0) is 49.5 Å². The lowest BCUT2D eigenvalue weighted by molar-refractivity contribution is -0.161. The third kappa shape index (κ3) is 14.0. The molecule has 1 saturated carbocycles. The number of likely N-dealkylation sites (N-methyl/N-ethyl adjacent to an activating group) is 1. The largest absolute Gasteiger partial charge is 0.493 e. The zero-order valence-corrected chi connectivity index (χ0v) is 37.9. The second-order valence-corrected chi connectivity index (χ2v) is 18.2. The molecule has 2 aromatic carbocycles. The van der Waals surface area contributed by atoms with Crippen LogP contribution < -0.4 is 26.0 Å². The Morgan fingerprint density at radius 2 is 1.69 bits per heavy atom. The third-order valence-corrected chi connectivity index (χ3v) is 11.7. The minimum Gasteiger partial charge on any atom is -0.493 e. The molecular weight excluding hydrogens is 825 g/mol. The van der Waals surface area contributed by atoms with E-state index < -0.39 is 78.1 Å². The summed E-state index contributed by atoms with van der Waals surface area (Å²) < 4.78 is 17.8. The number of hydrogen-bond acceptors (Lipinski definition) is 11. The van der Waals surface area contributed by atoms with Gasteiger partial charge in [0.25, 0.3) is 5.91 Å². The van der Waals surface area contributed by atoms with Crippen LogP contribution >= 0.6 is 0 Å². The first-order valence-corrected chi connectivity index (χ1v) is 22.4. The lowest BCUT2D eigenvalue weighted by Gasteiger charge is -2.37. The molecule has 17 heteroatoms. The molecule has 1 aliphatic carbocycles. The van der Waals surface area contributed by atoms with Gasteiger partial charge in [0, 0.05) is 33.5 Å². The number of esters is 1. The van der Waals surface area contributed by atoms with Gasteiger partial charge in [-0.2, -0.15) is 0 Å². The van der Waals surface area contributed by atoms with Crippen molar-refractivity contribution in [1.29, 1.82) is 0 Å². The van der Waals surface area contributed by atoms with E-state index in [1.54, 1.807) is 68.7 Å². The molecule has 2 unspecified atom stereocenters. The molecule has 0 radical (unpaired) electrons. The quantitative estimate of drug-likeness (QED) is 0.184. The Morgan fingerprint density at radius 3 is 2.36 bits per heavy atom. The minimum atomic E-state index is -1.78. The Bertz CT molecular complexity index is 1950. The van der Waals surface area contributed by atoms with E-state index in [0.717, 1.165) is 0 Å². The summed E-state index contributed by atoms with van der Waals surface area (Å²) in [5.41, 5.74) is 0.588. The van der Waals surface area contributed by atoms with Gasteiger partial charge in [-0.25, -0.2) is 0 Å². The summed E-state index contributed by atoms with van der Waals surface area (Å²) in [5, 5.41) is 22.2. The van der Waals surface area contributed by atoms with Crippen LogP contribution in [0.4, 0.5) is 0 Å². The molecule has 5 rings (SSSR count). The smallest absolute Gasteiger partial charge is 0.309 e. The number of amides is 6. The van der Waals surface area contributed by atoms with Crippen molar-refractivity contribution in [2.45, 2.75) is 127 Å². The molecule has 2 aliphatic heterocycles. The van der Waals surface area contributed by atoms with Gasteiger partial charge in [0.2, 0.25) is 29.5 Å². The highest BCUT2D eigenvalue weighted by Gasteiger charge is 2.46. The first kappa shape index (κ1) is 49.5. The van der Waals surface area contributed by atoms with E-state index in [1.807, 2.05) is 27.7 Å². The molecule has 3 aliphatic rings. The summed E-state index contributed by atoms with van der Waals surface area (Å²) in [7, 11) is 3.12. The number of carbonyl (C=O) groups is 7. The second kappa shape index (κ2) is 22.9. The van der Waals surface area contributed by atoms with Crippen molar-refractivity contribution >= 4 is 41.4 Å². The molecule has 2 fully saturated rings. The van der Waals surface area contributed by atoms with Crippen LogP contribution in [0, 0.1) is 11.8 Å². The number of ether oxygens (including phenoxy) is 3. The Morgan fingerprint density at radius 1 is 0.969 bits per heavy atom. The van der Waals surface area contributed by atoms with Gasteiger partial charge >= 0.3 is 5.97 Å². The van der Waals surface area contributed by atoms with Gasteiger partial charge in [0.15, 0.2) is 6.10 Å². The molecule has 1 saturated heterocycles. The Kier molecular flexibility index (Phi) is 17.7. The highest BCUT2D eigenvalue weighted by Crippen LogP contribution is 2.35. The maximum atomic E-state index is 14.9. The van der Waals surface area contributed by atoms with Gasteiger partial charge in [0.05, 0.1) is 44.2 Å². The molecular formula is C47H66N6O11. The van der Waals surface area contributed by atoms with Crippen LogP contribution in [0.25, 0.3) is 0 Å². The van der Waals surface area contributed by atoms with Crippen LogP contribution in [0.3, 0.4) is 0 Å². The van der Waals surface area contributed by atoms with E-state index in [9.17, 15) is 38.7 Å². The van der Waals surface area contributed by atoms with Crippen molar-refractivity contribution in [2.75, 3.05) is 40.4 Å². The number of fused-ring (bicyclic) bond motifs is 4. The van der Waals surface area contributed by atoms with E-state index in [-0.39, 0.29) is 56.1 Å². The second-order valence-electron chi connectivity index (χ2n) is 18.2. The number of aliphatic hydroxyl groups is 1. The lowest BCUT2D eigenvalue weighted by Crippen LogP contribution is -2.59. The average molecular weight is 891 g/mol. The first-order chi connectivity index (χ1) is 30.4. The molecule has 350 valence electrons. The number of aliphatic hydroxyl groups excluding tert-OH is 1. The Hall–Kier alpha value is -5.55. The first-order valence-electron chi connectivity index (χ1n) is 22.4. The summed E-state index contributed by atoms with van der Waals surface area (Å²) in [6.45, 7) is 7.37. The van der Waals surface area contributed by atoms with Crippen LogP contribution in [0.2, 0.25) is 0 Å². The fourth-order valence-corrected chi connectivity index (χ4v) is 8.45. The summed E-state index contributed by atoms with van der Waals surface area (Å²) in [6.07, 6.45) is 0.738. The fourth-order valence-electron chi connectivity index (χ4n) is 8.45. The van der Waals surface area contributed by atoms with Gasteiger partial charge in [-0.3, -0.25) is 33.6 Å². The molecule has 0 aromatic heterocycles. The van der Waals surface area contributed by atoms with Crippen molar-refractivity contribution in [3.05, 3.63) is 65.7 Å². The van der Waals surface area contributed by atoms with Crippen molar-refractivity contribution in [3.8, 4) is 5.75 Å². The maximum absolute atomic E-state index is 14.9. The van der Waals surface area contributed by atoms with Gasteiger partial charge in [-0.05, 0) is 82.1 Å².